The number of hydrogen-bond acceptors (Lipinski definition) is 7. The minimum atomic E-state index is -0.606. The maximum absolute atomic E-state index is 12.2. The standard InChI is InChI=1S/C17H25N3O6/c1-17(2,3)26-16(23)18-6-7-19(14(9-18)11-22)15-5-4-13(20(24)25)8-12(15)10-21/h4-5,8,14,21-22H,6-7,9-11H2,1-3H3/t14-/m0/s1. The molecule has 2 rings (SSSR count). The molecule has 26 heavy (non-hydrogen) atoms. The highest BCUT2D eigenvalue weighted by molar-refractivity contribution is 5.69. The number of ether oxygens (including phenoxy) is 1. The third kappa shape index (κ3) is 4.61. The van der Waals surface area contributed by atoms with Crippen LogP contribution in [0.4, 0.5) is 16.2 Å². The van der Waals surface area contributed by atoms with Gasteiger partial charge in [-0.1, -0.05) is 0 Å². The highest BCUT2D eigenvalue weighted by atomic mass is 16.6. The molecule has 0 unspecified atom stereocenters. The van der Waals surface area contributed by atoms with Gasteiger partial charge in [-0.15, -0.1) is 0 Å². The molecule has 1 aliphatic heterocycles. The van der Waals surface area contributed by atoms with E-state index in [0.717, 1.165) is 0 Å². The Morgan fingerprint density at radius 3 is 2.58 bits per heavy atom. The minimum absolute atomic E-state index is 0.106. The normalized spacial score (nSPS) is 18.0. The summed E-state index contributed by atoms with van der Waals surface area (Å²) in [6.07, 6.45) is -0.443. The molecular formula is C17H25N3O6. The molecule has 0 radical (unpaired) electrons. The maximum atomic E-state index is 12.2. The molecule has 1 atom stereocenters. The van der Waals surface area contributed by atoms with E-state index in [9.17, 15) is 25.1 Å². The van der Waals surface area contributed by atoms with Crippen LogP contribution in [0.25, 0.3) is 0 Å². The predicted molar refractivity (Wildman–Crippen MR) is 95.0 cm³/mol. The van der Waals surface area contributed by atoms with E-state index in [1.807, 2.05) is 4.90 Å². The number of benzene rings is 1. The quantitative estimate of drug-likeness (QED) is 0.612. The van der Waals surface area contributed by atoms with Crippen LogP contribution in [0.3, 0.4) is 0 Å². The van der Waals surface area contributed by atoms with Gasteiger partial charge in [0.2, 0.25) is 0 Å². The summed E-state index contributed by atoms with van der Waals surface area (Å²) >= 11 is 0. The van der Waals surface area contributed by atoms with Crippen molar-refractivity contribution in [2.45, 2.75) is 39.0 Å². The Morgan fingerprint density at radius 1 is 1.35 bits per heavy atom. The molecule has 1 fully saturated rings. The highest BCUT2D eigenvalue weighted by Gasteiger charge is 2.32. The molecule has 0 saturated carbocycles. The molecule has 0 aromatic heterocycles. The van der Waals surface area contributed by atoms with E-state index >= 15 is 0 Å². The van der Waals surface area contributed by atoms with E-state index in [2.05, 4.69) is 0 Å². The van der Waals surface area contributed by atoms with Crippen LogP contribution < -0.4 is 4.90 Å². The fraction of sp³-hybridized carbons (Fsp3) is 0.588. The lowest BCUT2D eigenvalue weighted by Crippen LogP contribution is -2.57. The number of carbonyl (C=O) groups is 1. The number of amides is 1. The summed E-state index contributed by atoms with van der Waals surface area (Å²) in [6, 6.07) is 3.85. The molecule has 2 N–H and O–H groups in total. The van der Waals surface area contributed by atoms with E-state index in [-0.39, 0.29) is 25.4 Å². The Balaban J connectivity index is 2.20. The molecule has 1 amide bonds. The zero-order chi connectivity index (χ0) is 19.5. The first-order chi connectivity index (χ1) is 12.2. The molecule has 1 aromatic rings. The van der Waals surface area contributed by atoms with Gasteiger partial charge in [-0.2, -0.15) is 0 Å². The third-order valence-electron chi connectivity index (χ3n) is 4.10. The summed E-state index contributed by atoms with van der Waals surface area (Å²) in [5, 5.41) is 30.3. The summed E-state index contributed by atoms with van der Waals surface area (Å²) in [5.74, 6) is 0. The summed E-state index contributed by atoms with van der Waals surface area (Å²) in [4.78, 5) is 26.0. The average molecular weight is 367 g/mol. The second-order valence-corrected chi connectivity index (χ2v) is 7.18. The van der Waals surface area contributed by atoms with Gasteiger partial charge in [0, 0.05) is 43.0 Å². The molecule has 0 spiro atoms. The average Bonchev–Trinajstić information content (AvgIpc) is 2.59. The van der Waals surface area contributed by atoms with Crippen LogP contribution in [0.15, 0.2) is 18.2 Å². The van der Waals surface area contributed by atoms with Crippen LogP contribution in [-0.2, 0) is 11.3 Å². The summed E-state index contributed by atoms with van der Waals surface area (Å²) in [7, 11) is 0. The smallest absolute Gasteiger partial charge is 0.410 e. The van der Waals surface area contributed by atoms with Crippen molar-refractivity contribution < 1.29 is 24.7 Å². The monoisotopic (exact) mass is 367 g/mol. The summed E-state index contributed by atoms with van der Waals surface area (Å²) in [5.41, 5.74) is 0.306. The van der Waals surface area contributed by atoms with Crippen LogP contribution in [-0.4, -0.2) is 64.0 Å². The van der Waals surface area contributed by atoms with Gasteiger partial charge < -0.3 is 24.7 Å². The maximum Gasteiger partial charge on any atom is 0.410 e. The van der Waals surface area contributed by atoms with Crippen molar-refractivity contribution in [2.75, 3.05) is 31.1 Å². The van der Waals surface area contributed by atoms with Gasteiger partial charge in [-0.25, -0.2) is 4.79 Å². The number of anilines is 1. The molecular weight excluding hydrogens is 342 g/mol. The van der Waals surface area contributed by atoms with Gasteiger partial charge in [0.1, 0.15) is 5.60 Å². The molecule has 0 bridgehead atoms. The van der Waals surface area contributed by atoms with E-state index in [4.69, 9.17) is 4.74 Å². The van der Waals surface area contributed by atoms with Crippen molar-refractivity contribution in [3.05, 3.63) is 33.9 Å². The number of aliphatic hydroxyl groups excluding tert-OH is 2. The lowest BCUT2D eigenvalue weighted by molar-refractivity contribution is -0.384. The van der Waals surface area contributed by atoms with Gasteiger partial charge in [-0.3, -0.25) is 10.1 Å². The van der Waals surface area contributed by atoms with Gasteiger partial charge in [0.15, 0.2) is 0 Å². The SMILES string of the molecule is CC(C)(C)OC(=O)N1CCN(c2ccc([N+](=O)[O-])cc2CO)[C@H](CO)C1. The molecule has 1 heterocycles. The number of carbonyl (C=O) groups excluding carboxylic acids is 1. The fourth-order valence-corrected chi connectivity index (χ4v) is 2.91. The molecule has 0 aliphatic carbocycles. The van der Waals surface area contributed by atoms with Gasteiger partial charge in [0.05, 0.1) is 24.2 Å². The Labute approximate surface area is 151 Å². The van der Waals surface area contributed by atoms with E-state index in [1.165, 1.54) is 17.0 Å². The van der Waals surface area contributed by atoms with E-state index in [0.29, 0.717) is 24.3 Å². The van der Waals surface area contributed by atoms with E-state index in [1.54, 1.807) is 26.8 Å². The molecule has 144 valence electrons. The number of nitro groups is 1. The van der Waals surface area contributed by atoms with Crippen molar-refractivity contribution in [1.29, 1.82) is 0 Å². The van der Waals surface area contributed by atoms with Crippen molar-refractivity contribution in [1.82, 2.24) is 4.90 Å². The van der Waals surface area contributed by atoms with Crippen LogP contribution in [0.5, 0.6) is 0 Å². The molecule has 9 nitrogen and oxygen atoms in total. The zero-order valence-corrected chi connectivity index (χ0v) is 15.2. The second kappa shape index (κ2) is 7.88. The molecule has 1 aliphatic rings. The van der Waals surface area contributed by atoms with Crippen LogP contribution in [0, 0.1) is 10.1 Å². The number of rotatable bonds is 4. The summed E-state index contributed by atoms with van der Waals surface area (Å²) in [6.45, 7) is 5.84. The van der Waals surface area contributed by atoms with Crippen molar-refractivity contribution in [2.24, 2.45) is 0 Å². The Hall–Kier alpha value is -2.39. The van der Waals surface area contributed by atoms with E-state index < -0.39 is 22.7 Å². The molecule has 9 heteroatoms. The van der Waals surface area contributed by atoms with Crippen molar-refractivity contribution in [3.8, 4) is 0 Å². The lowest BCUT2D eigenvalue weighted by Gasteiger charge is -2.42. The van der Waals surface area contributed by atoms with Crippen LogP contribution in [0.1, 0.15) is 26.3 Å². The Bertz CT molecular complexity index is 673. The van der Waals surface area contributed by atoms with Gasteiger partial charge in [-0.05, 0) is 26.8 Å². The zero-order valence-electron chi connectivity index (χ0n) is 15.2. The minimum Gasteiger partial charge on any atom is -0.444 e. The van der Waals surface area contributed by atoms with Gasteiger partial charge >= 0.3 is 6.09 Å². The Morgan fingerprint density at radius 2 is 2.04 bits per heavy atom. The fourth-order valence-electron chi connectivity index (χ4n) is 2.91. The molecule has 1 saturated heterocycles. The number of nitro benzene ring substituents is 1. The first-order valence-electron chi connectivity index (χ1n) is 8.40. The van der Waals surface area contributed by atoms with Crippen LogP contribution in [0.2, 0.25) is 0 Å². The first kappa shape index (κ1) is 19.9. The Kier molecular flexibility index (Phi) is 6.04. The summed E-state index contributed by atoms with van der Waals surface area (Å²) < 4.78 is 5.37. The highest BCUT2D eigenvalue weighted by Crippen LogP contribution is 2.29. The topological polar surface area (TPSA) is 116 Å². The third-order valence-corrected chi connectivity index (χ3v) is 4.10. The first-order valence-corrected chi connectivity index (χ1v) is 8.40. The number of aliphatic hydroxyl groups is 2. The number of hydrogen-bond donors (Lipinski definition) is 2. The van der Waals surface area contributed by atoms with Crippen molar-refractivity contribution >= 4 is 17.5 Å². The number of nitrogens with zero attached hydrogens (tertiary/aromatic N) is 3. The second-order valence-electron chi connectivity index (χ2n) is 7.18. The van der Waals surface area contributed by atoms with Crippen LogP contribution >= 0.6 is 0 Å². The molecule has 1 aromatic carbocycles. The largest absolute Gasteiger partial charge is 0.444 e. The number of piperazine rings is 1. The van der Waals surface area contributed by atoms with Gasteiger partial charge in [0.25, 0.3) is 5.69 Å². The lowest BCUT2D eigenvalue weighted by atomic mass is 10.1. The predicted octanol–water partition coefficient (Wildman–Crippen LogP) is 1.51. The van der Waals surface area contributed by atoms with Crippen molar-refractivity contribution in [3.63, 3.8) is 0 Å². The number of non-ortho nitro benzene ring substituents is 1.